The summed E-state index contributed by atoms with van der Waals surface area (Å²) in [6, 6.07) is 8.58. The zero-order chi connectivity index (χ0) is 18.6. The predicted molar refractivity (Wildman–Crippen MR) is 117 cm³/mol. The van der Waals surface area contributed by atoms with Crippen LogP contribution in [0.2, 0.25) is 0 Å². The van der Waals surface area contributed by atoms with E-state index in [1.807, 2.05) is 0 Å². The van der Waals surface area contributed by atoms with Crippen LogP contribution < -0.4 is 5.56 Å². The summed E-state index contributed by atoms with van der Waals surface area (Å²) in [5.74, 6) is 1.30. The van der Waals surface area contributed by atoms with Gasteiger partial charge in [-0.3, -0.25) is 9.36 Å². The van der Waals surface area contributed by atoms with Gasteiger partial charge in [-0.05, 0) is 50.3 Å². The molecule has 27 heavy (non-hydrogen) atoms. The number of thiophene rings is 1. The van der Waals surface area contributed by atoms with Gasteiger partial charge in [-0.1, -0.05) is 41.2 Å². The van der Waals surface area contributed by atoms with Crippen molar-refractivity contribution < 1.29 is 0 Å². The molecule has 0 spiro atoms. The van der Waals surface area contributed by atoms with Crippen molar-refractivity contribution in [2.45, 2.75) is 47.5 Å². The second kappa shape index (κ2) is 6.83. The summed E-state index contributed by atoms with van der Waals surface area (Å²) in [5.41, 5.74) is 2.43. The van der Waals surface area contributed by atoms with Gasteiger partial charge in [-0.25, -0.2) is 0 Å². The first-order chi connectivity index (χ1) is 13.1. The van der Waals surface area contributed by atoms with Gasteiger partial charge in [0.1, 0.15) is 9.70 Å². The van der Waals surface area contributed by atoms with E-state index in [4.69, 9.17) is 11.6 Å². The van der Waals surface area contributed by atoms with E-state index in [9.17, 15) is 4.79 Å². The molecule has 0 saturated heterocycles. The zero-order valence-corrected chi connectivity index (χ0v) is 18.2. The van der Waals surface area contributed by atoms with Crippen LogP contribution in [0.25, 0.3) is 10.2 Å². The van der Waals surface area contributed by atoms with Crippen LogP contribution in [0.5, 0.6) is 0 Å². The molecule has 1 aliphatic carbocycles. The van der Waals surface area contributed by atoms with Crippen molar-refractivity contribution >= 4 is 56.7 Å². The number of aromatic nitrogens is 2. The fourth-order valence-corrected chi connectivity index (χ4v) is 8.64. The van der Waals surface area contributed by atoms with E-state index in [1.54, 1.807) is 34.9 Å². The lowest BCUT2D eigenvalue weighted by molar-refractivity contribution is 0.536. The SMILES string of the molecule is Cc1ccc(SC2(CCl)CSc3nc(=O)c4c5c(sc4n32)CCCC5)cc1. The van der Waals surface area contributed by atoms with Gasteiger partial charge in [0.25, 0.3) is 5.56 Å². The van der Waals surface area contributed by atoms with Gasteiger partial charge in [-0.15, -0.1) is 22.9 Å². The maximum Gasteiger partial charge on any atom is 0.282 e. The molecule has 7 heteroatoms. The maximum atomic E-state index is 12.8. The first-order valence-electron chi connectivity index (χ1n) is 9.13. The lowest BCUT2D eigenvalue weighted by atomic mass is 9.97. The molecule has 0 amide bonds. The monoisotopic (exact) mass is 434 g/mol. The second-order valence-electron chi connectivity index (χ2n) is 7.21. The topological polar surface area (TPSA) is 34.9 Å². The lowest BCUT2D eigenvalue weighted by Crippen LogP contribution is -2.32. The highest BCUT2D eigenvalue weighted by Crippen LogP contribution is 2.51. The minimum atomic E-state index is -0.316. The molecule has 3 heterocycles. The Morgan fingerprint density at radius 3 is 2.81 bits per heavy atom. The minimum Gasteiger partial charge on any atom is -0.294 e. The van der Waals surface area contributed by atoms with Crippen molar-refractivity contribution in [2.24, 2.45) is 0 Å². The molecule has 2 aliphatic rings. The highest BCUT2D eigenvalue weighted by Gasteiger charge is 2.42. The first kappa shape index (κ1) is 18.1. The Labute approximate surface area is 175 Å². The zero-order valence-electron chi connectivity index (χ0n) is 15.0. The molecule has 1 aliphatic heterocycles. The molecule has 2 aromatic heterocycles. The highest BCUT2D eigenvalue weighted by atomic mass is 35.5. The minimum absolute atomic E-state index is 0.0612. The molecule has 140 valence electrons. The molecule has 0 bridgehead atoms. The number of fused-ring (bicyclic) bond motifs is 5. The van der Waals surface area contributed by atoms with Crippen molar-refractivity contribution in [1.29, 1.82) is 0 Å². The standard InChI is InChI=1S/C20H19ClN2OS3/c1-12-6-8-13(9-7-12)27-20(10-21)11-25-19-22-17(24)16-14-4-2-3-5-15(14)26-18(16)23(19)20/h6-9H,2-5,10-11H2,1H3. The number of nitrogens with zero attached hydrogens (tertiary/aromatic N) is 2. The number of thioether (sulfide) groups is 2. The molecule has 1 unspecified atom stereocenters. The van der Waals surface area contributed by atoms with Crippen LogP contribution in [0.4, 0.5) is 0 Å². The number of aryl methyl sites for hydroxylation is 3. The van der Waals surface area contributed by atoms with Gasteiger partial charge in [-0.2, -0.15) is 4.98 Å². The normalized spacial score (nSPS) is 21.4. The predicted octanol–water partition coefficient (Wildman–Crippen LogP) is 5.43. The maximum absolute atomic E-state index is 12.8. The molecule has 1 aromatic carbocycles. The fraction of sp³-hybridized carbons (Fsp3) is 0.400. The number of benzene rings is 1. The van der Waals surface area contributed by atoms with Crippen LogP contribution in [0.15, 0.2) is 39.1 Å². The van der Waals surface area contributed by atoms with E-state index in [0.717, 1.165) is 40.4 Å². The van der Waals surface area contributed by atoms with E-state index in [-0.39, 0.29) is 10.4 Å². The van der Waals surface area contributed by atoms with Crippen LogP contribution in [-0.4, -0.2) is 21.2 Å². The Kier molecular flexibility index (Phi) is 4.58. The number of alkyl halides is 1. The third kappa shape index (κ3) is 2.87. The van der Waals surface area contributed by atoms with Gasteiger partial charge in [0, 0.05) is 15.5 Å². The molecule has 1 atom stereocenters. The Morgan fingerprint density at radius 1 is 1.26 bits per heavy atom. The second-order valence-corrected chi connectivity index (χ2v) is 10.9. The number of halogens is 1. The third-order valence-corrected chi connectivity index (χ3v) is 9.90. The van der Waals surface area contributed by atoms with Crippen LogP contribution in [-0.2, 0) is 17.7 Å². The molecule has 0 radical (unpaired) electrons. The van der Waals surface area contributed by atoms with Gasteiger partial charge in [0.05, 0.1) is 11.3 Å². The summed E-state index contributed by atoms with van der Waals surface area (Å²) in [6.45, 7) is 2.10. The fourth-order valence-electron chi connectivity index (χ4n) is 3.93. The molecule has 0 saturated carbocycles. The van der Waals surface area contributed by atoms with E-state index in [0.29, 0.717) is 5.88 Å². The molecule has 3 nitrogen and oxygen atoms in total. The molecule has 0 N–H and O–H groups in total. The third-order valence-electron chi connectivity index (χ3n) is 5.33. The summed E-state index contributed by atoms with van der Waals surface area (Å²) < 4.78 is 2.27. The van der Waals surface area contributed by atoms with Crippen molar-refractivity contribution in [3.63, 3.8) is 0 Å². The largest absolute Gasteiger partial charge is 0.294 e. The van der Waals surface area contributed by atoms with E-state index >= 15 is 0 Å². The number of hydrogen-bond donors (Lipinski definition) is 0. The highest BCUT2D eigenvalue weighted by molar-refractivity contribution is 8.04. The Hall–Kier alpha value is -0.950. The van der Waals surface area contributed by atoms with Crippen LogP contribution in [0, 0.1) is 6.92 Å². The average Bonchev–Trinajstić information content (AvgIpc) is 3.23. The summed E-state index contributed by atoms with van der Waals surface area (Å²) in [6.07, 6.45) is 4.45. The summed E-state index contributed by atoms with van der Waals surface area (Å²) in [4.78, 5) is 20.6. The Morgan fingerprint density at radius 2 is 2.04 bits per heavy atom. The average molecular weight is 435 g/mol. The van der Waals surface area contributed by atoms with E-state index in [1.165, 1.54) is 27.3 Å². The summed E-state index contributed by atoms with van der Waals surface area (Å²) in [5, 5.41) is 1.66. The first-order valence-corrected chi connectivity index (χ1v) is 12.3. The quantitative estimate of drug-likeness (QED) is 0.406. The van der Waals surface area contributed by atoms with Gasteiger partial charge in [0.2, 0.25) is 0 Å². The van der Waals surface area contributed by atoms with Gasteiger partial charge >= 0.3 is 0 Å². The Bertz CT molecular complexity index is 1090. The van der Waals surface area contributed by atoms with E-state index < -0.39 is 0 Å². The number of hydrogen-bond acceptors (Lipinski definition) is 5. The van der Waals surface area contributed by atoms with Gasteiger partial charge in [0.15, 0.2) is 5.16 Å². The molecular formula is C20H19ClN2OS3. The molecule has 0 fully saturated rings. The number of rotatable bonds is 3. The van der Waals surface area contributed by atoms with Crippen molar-refractivity contribution in [1.82, 2.24) is 9.55 Å². The molecule has 5 rings (SSSR count). The molecular weight excluding hydrogens is 416 g/mol. The lowest BCUT2D eigenvalue weighted by Gasteiger charge is -2.29. The van der Waals surface area contributed by atoms with Crippen molar-refractivity contribution in [3.05, 3.63) is 50.6 Å². The van der Waals surface area contributed by atoms with Gasteiger partial charge < -0.3 is 0 Å². The van der Waals surface area contributed by atoms with Crippen LogP contribution in [0.3, 0.4) is 0 Å². The van der Waals surface area contributed by atoms with Crippen molar-refractivity contribution in [3.8, 4) is 0 Å². The molecule has 3 aromatic rings. The Balaban J connectivity index is 1.71. The van der Waals surface area contributed by atoms with Crippen LogP contribution >= 0.6 is 46.5 Å². The summed E-state index contributed by atoms with van der Waals surface area (Å²) in [7, 11) is 0. The van der Waals surface area contributed by atoms with Crippen LogP contribution in [0.1, 0.15) is 28.8 Å². The smallest absolute Gasteiger partial charge is 0.282 e. The van der Waals surface area contributed by atoms with E-state index in [2.05, 4.69) is 40.7 Å². The van der Waals surface area contributed by atoms with Crippen molar-refractivity contribution in [2.75, 3.05) is 11.6 Å². The summed E-state index contributed by atoms with van der Waals surface area (Å²) >= 11 is 11.8.